The quantitative estimate of drug-likeness (QED) is 0.687. The lowest BCUT2D eigenvalue weighted by atomic mass is 9.95. The number of aliphatic hydroxyl groups excluding tert-OH is 1. The molecule has 2 fully saturated rings. The van der Waals surface area contributed by atoms with Crippen molar-refractivity contribution in [3.8, 4) is 0 Å². The van der Waals surface area contributed by atoms with Gasteiger partial charge in [0, 0.05) is 13.2 Å². The van der Waals surface area contributed by atoms with Crippen LogP contribution in [-0.4, -0.2) is 37.5 Å². The Bertz CT molecular complexity index is 186. The highest BCUT2D eigenvalue weighted by molar-refractivity contribution is 4.95. The van der Waals surface area contributed by atoms with Crippen molar-refractivity contribution in [2.24, 2.45) is 11.8 Å². The highest BCUT2D eigenvalue weighted by atomic mass is 16.5. The van der Waals surface area contributed by atoms with E-state index in [9.17, 15) is 0 Å². The van der Waals surface area contributed by atoms with E-state index < -0.39 is 0 Å². The summed E-state index contributed by atoms with van der Waals surface area (Å²) in [6.45, 7) is 0.798. The Morgan fingerprint density at radius 1 is 1.43 bits per heavy atom. The molecule has 0 aromatic rings. The number of hydrogen-bond acceptors (Lipinski definition) is 3. The van der Waals surface area contributed by atoms with Crippen LogP contribution in [0.15, 0.2) is 0 Å². The third-order valence-corrected chi connectivity index (χ3v) is 3.78. The van der Waals surface area contributed by atoms with Crippen LogP contribution >= 0.6 is 0 Å². The van der Waals surface area contributed by atoms with Gasteiger partial charge in [0.15, 0.2) is 0 Å². The fraction of sp³-hybridized carbons (Fsp3) is 1.00. The Morgan fingerprint density at radius 3 is 2.79 bits per heavy atom. The molecular weight excluding hydrogens is 178 g/mol. The molecule has 0 radical (unpaired) electrons. The Morgan fingerprint density at radius 2 is 2.29 bits per heavy atom. The molecule has 0 aromatic carbocycles. The minimum atomic E-state index is 0.129. The van der Waals surface area contributed by atoms with E-state index >= 15 is 0 Å². The van der Waals surface area contributed by atoms with Gasteiger partial charge in [-0.15, -0.1) is 0 Å². The maximum atomic E-state index is 9.15. The summed E-state index contributed by atoms with van der Waals surface area (Å²) < 4.78 is 5.06. The molecule has 3 nitrogen and oxygen atoms in total. The minimum absolute atomic E-state index is 0.129. The summed E-state index contributed by atoms with van der Waals surface area (Å²) in [7, 11) is 1.69. The van der Waals surface area contributed by atoms with Crippen LogP contribution in [0.4, 0.5) is 0 Å². The van der Waals surface area contributed by atoms with Crippen LogP contribution < -0.4 is 5.32 Å². The lowest BCUT2D eigenvalue weighted by Crippen LogP contribution is -2.45. The maximum absolute atomic E-state index is 9.15. The summed E-state index contributed by atoms with van der Waals surface area (Å²) in [5, 5.41) is 12.7. The lowest BCUT2D eigenvalue weighted by molar-refractivity contribution is 0.116. The topological polar surface area (TPSA) is 41.5 Å². The van der Waals surface area contributed by atoms with Gasteiger partial charge in [0.05, 0.1) is 19.3 Å². The number of aliphatic hydroxyl groups is 1. The van der Waals surface area contributed by atoms with E-state index in [-0.39, 0.29) is 12.6 Å². The van der Waals surface area contributed by atoms with Crippen molar-refractivity contribution in [3.05, 3.63) is 0 Å². The molecule has 2 saturated carbocycles. The van der Waals surface area contributed by atoms with Crippen LogP contribution in [-0.2, 0) is 4.74 Å². The Balaban J connectivity index is 1.79. The Hall–Kier alpha value is -0.120. The monoisotopic (exact) mass is 199 g/mol. The van der Waals surface area contributed by atoms with Crippen molar-refractivity contribution in [1.29, 1.82) is 0 Å². The molecule has 4 atom stereocenters. The molecule has 0 aliphatic heterocycles. The van der Waals surface area contributed by atoms with Crippen LogP contribution in [0, 0.1) is 11.8 Å². The number of ether oxygens (including phenoxy) is 1. The van der Waals surface area contributed by atoms with Gasteiger partial charge in [-0.1, -0.05) is 6.42 Å². The van der Waals surface area contributed by atoms with Crippen molar-refractivity contribution in [3.63, 3.8) is 0 Å². The summed E-state index contributed by atoms with van der Waals surface area (Å²) in [5.41, 5.74) is 0. The van der Waals surface area contributed by atoms with E-state index in [1.807, 2.05) is 0 Å². The second-order valence-electron chi connectivity index (χ2n) is 4.78. The molecule has 3 heteroatoms. The van der Waals surface area contributed by atoms with Gasteiger partial charge >= 0.3 is 0 Å². The second kappa shape index (κ2) is 4.60. The summed E-state index contributed by atoms with van der Waals surface area (Å²) in [6, 6.07) is 0.769. The average Bonchev–Trinajstić information content (AvgIpc) is 2.78. The van der Waals surface area contributed by atoms with Gasteiger partial charge in [-0.2, -0.15) is 0 Å². The van der Waals surface area contributed by atoms with Crippen molar-refractivity contribution < 1.29 is 9.84 Å². The molecule has 2 bridgehead atoms. The van der Waals surface area contributed by atoms with Crippen molar-refractivity contribution in [2.45, 2.75) is 37.8 Å². The van der Waals surface area contributed by atoms with E-state index in [2.05, 4.69) is 5.32 Å². The second-order valence-corrected chi connectivity index (χ2v) is 4.78. The molecule has 0 heterocycles. The van der Waals surface area contributed by atoms with Crippen molar-refractivity contribution in [1.82, 2.24) is 5.32 Å². The number of nitrogens with one attached hydrogen (secondary N) is 1. The first-order chi connectivity index (χ1) is 6.83. The molecule has 0 spiro atoms. The number of rotatable bonds is 5. The van der Waals surface area contributed by atoms with Gasteiger partial charge < -0.3 is 15.2 Å². The molecule has 0 amide bonds. The maximum Gasteiger partial charge on any atom is 0.0638 e. The average molecular weight is 199 g/mol. The zero-order valence-electron chi connectivity index (χ0n) is 8.91. The molecule has 2 N–H and O–H groups in total. The molecule has 2 aliphatic carbocycles. The molecule has 82 valence electrons. The number of hydrogen-bond donors (Lipinski definition) is 2. The SMILES string of the molecule is COCC(CO)NC1CC2CCC1C2. The zero-order chi connectivity index (χ0) is 9.97. The lowest BCUT2D eigenvalue weighted by Gasteiger charge is -2.27. The zero-order valence-corrected chi connectivity index (χ0v) is 8.91. The van der Waals surface area contributed by atoms with Crippen molar-refractivity contribution >= 4 is 0 Å². The minimum Gasteiger partial charge on any atom is -0.395 e. The van der Waals surface area contributed by atoms with Gasteiger partial charge in [0.2, 0.25) is 0 Å². The summed E-state index contributed by atoms with van der Waals surface area (Å²) in [5.74, 6) is 1.82. The number of methoxy groups -OCH3 is 1. The van der Waals surface area contributed by atoms with Gasteiger partial charge in [-0.05, 0) is 31.1 Å². The van der Waals surface area contributed by atoms with Crippen LogP contribution in [0.25, 0.3) is 0 Å². The fourth-order valence-corrected chi connectivity index (χ4v) is 3.11. The predicted octanol–water partition coefficient (Wildman–Crippen LogP) is 0.772. The normalized spacial score (nSPS) is 37.7. The molecule has 4 unspecified atom stereocenters. The Kier molecular flexibility index (Phi) is 3.42. The first-order valence-corrected chi connectivity index (χ1v) is 5.69. The molecule has 2 aliphatic rings. The predicted molar refractivity (Wildman–Crippen MR) is 55.1 cm³/mol. The molecule has 0 saturated heterocycles. The summed E-state index contributed by atoms with van der Waals surface area (Å²) >= 11 is 0. The highest BCUT2D eigenvalue weighted by Crippen LogP contribution is 2.44. The van der Waals surface area contributed by atoms with Gasteiger partial charge in [0.25, 0.3) is 0 Å². The van der Waals surface area contributed by atoms with Crippen LogP contribution in [0.1, 0.15) is 25.7 Å². The molecule has 14 heavy (non-hydrogen) atoms. The number of fused-ring (bicyclic) bond motifs is 2. The largest absolute Gasteiger partial charge is 0.395 e. The van der Waals surface area contributed by atoms with Crippen molar-refractivity contribution in [2.75, 3.05) is 20.3 Å². The van der Waals surface area contributed by atoms with E-state index in [0.717, 1.165) is 11.8 Å². The molecule has 2 rings (SSSR count). The van der Waals surface area contributed by atoms with Gasteiger partial charge in [-0.25, -0.2) is 0 Å². The highest BCUT2D eigenvalue weighted by Gasteiger charge is 2.39. The van der Waals surface area contributed by atoms with Crippen LogP contribution in [0.2, 0.25) is 0 Å². The third kappa shape index (κ3) is 2.10. The molecular formula is C11H21NO2. The van der Waals surface area contributed by atoms with E-state index in [0.29, 0.717) is 12.6 Å². The van der Waals surface area contributed by atoms with Crippen LogP contribution in [0.3, 0.4) is 0 Å². The first kappa shape index (κ1) is 10.4. The summed E-state index contributed by atoms with van der Waals surface area (Å²) in [4.78, 5) is 0. The smallest absolute Gasteiger partial charge is 0.0638 e. The standard InChI is InChI=1S/C11H21NO2/c1-14-7-10(6-13)12-11-5-8-2-3-9(11)4-8/h8-13H,2-7H2,1H3. The third-order valence-electron chi connectivity index (χ3n) is 3.78. The molecule has 0 aromatic heterocycles. The Labute approximate surface area is 85.8 Å². The van der Waals surface area contributed by atoms with E-state index in [1.54, 1.807) is 7.11 Å². The van der Waals surface area contributed by atoms with E-state index in [1.165, 1.54) is 25.7 Å². The van der Waals surface area contributed by atoms with Crippen LogP contribution in [0.5, 0.6) is 0 Å². The summed E-state index contributed by atoms with van der Waals surface area (Å²) in [6.07, 6.45) is 5.53. The van der Waals surface area contributed by atoms with E-state index in [4.69, 9.17) is 9.84 Å². The van der Waals surface area contributed by atoms with Gasteiger partial charge in [0.1, 0.15) is 0 Å². The first-order valence-electron chi connectivity index (χ1n) is 5.69. The van der Waals surface area contributed by atoms with Gasteiger partial charge in [-0.3, -0.25) is 0 Å². The fourth-order valence-electron chi connectivity index (χ4n) is 3.11.